The van der Waals surface area contributed by atoms with Crippen molar-refractivity contribution in [2.45, 2.75) is 50.7 Å². The number of ether oxygens (including phenoxy) is 3. The maximum atomic E-state index is 13.5. The second kappa shape index (κ2) is 10.2. The molecular weight excluding hydrogens is 528 g/mol. The highest BCUT2D eigenvalue weighted by molar-refractivity contribution is 5.73. The molecule has 0 aromatic heterocycles. The van der Waals surface area contributed by atoms with Crippen molar-refractivity contribution in [3.8, 4) is 11.5 Å². The van der Waals surface area contributed by atoms with Gasteiger partial charge in [0, 0.05) is 25.6 Å². The topological polar surface area (TPSA) is 48.0 Å². The first-order valence-electron chi connectivity index (χ1n) is 12.9. The molecule has 0 radical (unpaired) electrons. The highest BCUT2D eigenvalue weighted by Gasteiger charge is 2.42. The molecule has 1 aliphatic carbocycles. The van der Waals surface area contributed by atoms with Crippen LogP contribution in [0.5, 0.6) is 11.5 Å². The summed E-state index contributed by atoms with van der Waals surface area (Å²) in [5.74, 6) is 0.834. The van der Waals surface area contributed by atoms with Gasteiger partial charge in [-0.25, -0.2) is 0 Å². The fourth-order valence-corrected chi connectivity index (χ4v) is 5.69. The third kappa shape index (κ3) is 5.83. The Morgan fingerprint density at radius 2 is 1.74 bits per heavy atom. The Kier molecular flexibility index (Phi) is 7.24. The van der Waals surface area contributed by atoms with Crippen LogP contribution in [-0.4, -0.2) is 43.8 Å². The number of carbonyl (C=O) groups excluding carboxylic acids is 1. The van der Waals surface area contributed by atoms with Gasteiger partial charge in [-0.15, -0.1) is 0 Å². The second-order valence-corrected chi connectivity index (χ2v) is 10.7. The average Bonchev–Trinajstić information content (AvgIpc) is 3.69. The van der Waals surface area contributed by atoms with Crippen LogP contribution >= 0.6 is 0 Å². The molecule has 3 atom stereocenters. The fraction of sp³-hybridized carbons (Fsp3) is 0.536. The number of rotatable bonds is 7. The van der Waals surface area contributed by atoms with E-state index in [9.17, 15) is 31.1 Å². The molecule has 39 heavy (non-hydrogen) atoms. The van der Waals surface area contributed by atoms with Gasteiger partial charge in [-0.3, -0.25) is 9.69 Å². The van der Waals surface area contributed by atoms with Crippen LogP contribution in [-0.2, 0) is 28.4 Å². The monoisotopic (exact) mass is 557 g/mol. The fourth-order valence-electron chi connectivity index (χ4n) is 5.69. The van der Waals surface area contributed by atoms with Gasteiger partial charge in [-0.1, -0.05) is 13.0 Å². The molecule has 212 valence electrons. The van der Waals surface area contributed by atoms with Gasteiger partial charge in [-0.05, 0) is 66.1 Å². The molecule has 2 aliphatic heterocycles. The number of carbonyl (C=O) groups is 1. The van der Waals surface area contributed by atoms with Crippen LogP contribution in [0.2, 0.25) is 0 Å². The van der Waals surface area contributed by atoms with Crippen molar-refractivity contribution in [1.29, 1.82) is 0 Å². The SMILES string of the molecule is COC(=O)C(C)C(c1ccc2c(c1)OC(C1CN(Cc3cc(C(F)(F)F)ccc3C(F)(F)F)C1)CO2)C1CC1. The third-order valence-electron chi connectivity index (χ3n) is 7.92. The largest absolute Gasteiger partial charge is 0.486 e. The van der Waals surface area contributed by atoms with E-state index >= 15 is 0 Å². The van der Waals surface area contributed by atoms with E-state index in [1.165, 1.54) is 7.11 Å². The number of alkyl halides is 6. The average molecular weight is 558 g/mol. The van der Waals surface area contributed by atoms with Crippen LogP contribution in [0.4, 0.5) is 26.3 Å². The van der Waals surface area contributed by atoms with E-state index < -0.39 is 29.0 Å². The van der Waals surface area contributed by atoms with Gasteiger partial charge < -0.3 is 14.2 Å². The Labute approximate surface area is 222 Å². The van der Waals surface area contributed by atoms with Crippen LogP contribution in [0.1, 0.15) is 47.9 Å². The zero-order chi connectivity index (χ0) is 28.1. The predicted molar refractivity (Wildman–Crippen MR) is 128 cm³/mol. The van der Waals surface area contributed by atoms with E-state index in [4.69, 9.17) is 14.2 Å². The molecule has 3 unspecified atom stereocenters. The van der Waals surface area contributed by atoms with Gasteiger partial charge in [0.2, 0.25) is 0 Å². The van der Waals surface area contributed by atoms with E-state index in [0.29, 0.717) is 48.7 Å². The third-order valence-corrected chi connectivity index (χ3v) is 7.92. The molecule has 11 heteroatoms. The Morgan fingerprint density at radius 3 is 2.36 bits per heavy atom. The molecule has 2 aromatic rings. The number of nitrogens with zero attached hydrogens (tertiary/aromatic N) is 1. The molecule has 5 nitrogen and oxygen atoms in total. The number of halogens is 6. The quantitative estimate of drug-likeness (QED) is 0.296. The summed E-state index contributed by atoms with van der Waals surface area (Å²) in [7, 11) is 1.37. The maximum absolute atomic E-state index is 13.5. The Bertz CT molecular complexity index is 1220. The highest BCUT2D eigenvalue weighted by atomic mass is 19.4. The Hall–Kier alpha value is -2.95. The minimum Gasteiger partial charge on any atom is -0.486 e. The second-order valence-electron chi connectivity index (χ2n) is 10.7. The Balaban J connectivity index is 1.26. The van der Waals surface area contributed by atoms with E-state index in [2.05, 4.69) is 0 Å². The summed E-state index contributed by atoms with van der Waals surface area (Å²) in [6.45, 7) is 2.58. The number of methoxy groups -OCH3 is 1. The first-order valence-corrected chi connectivity index (χ1v) is 12.9. The summed E-state index contributed by atoms with van der Waals surface area (Å²) in [6, 6.07) is 7.18. The summed E-state index contributed by atoms with van der Waals surface area (Å²) in [6.07, 6.45) is -7.78. The first kappa shape index (κ1) is 27.6. The van der Waals surface area contributed by atoms with E-state index in [1.54, 1.807) is 4.90 Å². The Morgan fingerprint density at radius 1 is 1.03 bits per heavy atom. The van der Waals surface area contributed by atoms with Crippen LogP contribution < -0.4 is 9.47 Å². The van der Waals surface area contributed by atoms with Gasteiger partial charge >= 0.3 is 18.3 Å². The van der Waals surface area contributed by atoms with Crippen molar-refractivity contribution >= 4 is 5.97 Å². The van der Waals surface area contributed by atoms with Crippen LogP contribution in [0, 0.1) is 17.8 Å². The molecule has 0 spiro atoms. The molecule has 2 fully saturated rings. The molecule has 0 N–H and O–H groups in total. The van der Waals surface area contributed by atoms with Gasteiger partial charge in [0.1, 0.15) is 12.7 Å². The first-order chi connectivity index (χ1) is 18.3. The highest BCUT2D eigenvalue weighted by Crippen LogP contribution is 2.49. The maximum Gasteiger partial charge on any atom is 0.416 e. The van der Waals surface area contributed by atoms with Crippen LogP contribution in [0.25, 0.3) is 0 Å². The lowest BCUT2D eigenvalue weighted by molar-refractivity contribution is -0.146. The number of fused-ring (bicyclic) bond motifs is 1. The standard InChI is InChI=1S/C28H29F6NO4/c1-15(26(36)37-2)25(16-3-4-16)17-5-8-22-23(10-17)39-24(14-38-22)19-12-35(13-19)11-18-9-20(27(29,30)31)6-7-21(18)28(32,33)34/h5-10,15-16,19,24-25H,3-4,11-14H2,1-2H3. The van der Waals surface area contributed by atoms with Crippen molar-refractivity contribution < 1.29 is 45.3 Å². The molecule has 0 amide bonds. The predicted octanol–water partition coefficient (Wildman–Crippen LogP) is 6.30. The smallest absolute Gasteiger partial charge is 0.416 e. The zero-order valence-corrected chi connectivity index (χ0v) is 21.4. The van der Waals surface area contributed by atoms with Crippen molar-refractivity contribution in [3.63, 3.8) is 0 Å². The molecule has 1 saturated carbocycles. The minimum atomic E-state index is -4.75. The molecule has 1 saturated heterocycles. The van der Waals surface area contributed by atoms with Crippen molar-refractivity contribution in [2.75, 3.05) is 26.8 Å². The number of likely N-dealkylation sites (tertiary alicyclic amines) is 1. The van der Waals surface area contributed by atoms with Gasteiger partial charge in [-0.2, -0.15) is 26.3 Å². The zero-order valence-electron chi connectivity index (χ0n) is 21.4. The molecule has 2 heterocycles. The van der Waals surface area contributed by atoms with Crippen molar-refractivity contribution in [2.24, 2.45) is 17.8 Å². The van der Waals surface area contributed by atoms with E-state index in [-0.39, 0.29) is 43.0 Å². The van der Waals surface area contributed by atoms with Gasteiger partial charge in [0.25, 0.3) is 0 Å². The minimum absolute atomic E-state index is 0.0128. The van der Waals surface area contributed by atoms with Crippen molar-refractivity contribution in [1.82, 2.24) is 4.90 Å². The van der Waals surface area contributed by atoms with Crippen LogP contribution in [0.15, 0.2) is 36.4 Å². The number of hydrogen-bond donors (Lipinski definition) is 0. The molecular formula is C28H29F6NO4. The van der Waals surface area contributed by atoms with Gasteiger partial charge in [0.15, 0.2) is 11.5 Å². The summed E-state index contributed by atoms with van der Waals surface area (Å²) < 4.78 is 96.9. The van der Waals surface area contributed by atoms with Gasteiger partial charge in [0.05, 0.1) is 24.2 Å². The lowest BCUT2D eigenvalue weighted by Gasteiger charge is -2.44. The number of hydrogen-bond acceptors (Lipinski definition) is 5. The summed E-state index contributed by atoms with van der Waals surface area (Å²) in [5, 5.41) is 0. The molecule has 0 bridgehead atoms. The lowest BCUT2D eigenvalue weighted by atomic mass is 9.83. The number of benzene rings is 2. The van der Waals surface area contributed by atoms with Crippen molar-refractivity contribution in [3.05, 3.63) is 58.7 Å². The molecule has 3 aliphatic rings. The summed E-state index contributed by atoms with van der Waals surface area (Å²) in [4.78, 5) is 13.9. The van der Waals surface area contributed by atoms with E-state index in [1.807, 2.05) is 25.1 Å². The summed E-state index contributed by atoms with van der Waals surface area (Å²) >= 11 is 0. The molecule has 5 rings (SSSR count). The van der Waals surface area contributed by atoms with Crippen LogP contribution in [0.3, 0.4) is 0 Å². The number of esters is 1. The lowest BCUT2D eigenvalue weighted by Crippen LogP contribution is -2.55. The summed E-state index contributed by atoms with van der Waals surface area (Å²) in [5.41, 5.74) is -1.62. The normalized spacial score (nSPS) is 21.7. The molecule has 2 aromatic carbocycles. The van der Waals surface area contributed by atoms with E-state index in [0.717, 1.165) is 18.4 Å².